The highest BCUT2D eigenvalue weighted by Gasteiger charge is 2.38. The maximum Gasteiger partial charge on any atom is 0.325 e. The van der Waals surface area contributed by atoms with E-state index in [1.807, 2.05) is 24.3 Å². The van der Waals surface area contributed by atoms with Crippen molar-refractivity contribution in [2.24, 2.45) is 0 Å². The second-order valence-electron chi connectivity index (χ2n) is 5.77. The first-order chi connectivity index (χ1) is 11.2. The Hall–Kier alpha value is -1.93. The molecule has 1 aromatic rings. The van der Waals surface area contributed by atoms with Crippen LogP contribution in [0.15, 0.2) is 24.3 Å². The Morgan fingerprint density at radius 3 is 2.54 bits per heavy atom. The molecule has 0 saturated carbocycles. The molecule has 7 nitrogen and oxygen atoms in total. The van der Waals surface area contributed by atoms with Crippen molar-refractivity contribution in [2.45, 2.75) is 39.0 Å². The topological polar surface area (TPSA) is 92.8 Å². The van der Waals surface area contributed by atoms with E-state index in [0.29, 0.717) is 6.54 Å². The normalized spacial score (nSPS) is 19.2. The van der Waals surface area contributed by atoms with Gasteiger partial charge in [-0.15, -0.1) is 0 Å². The summed E-state index contributed by atoms with van der Waals surface area (Å²) >= 11 is 0. The van der Waals surface area contributed by atoms with Crippen molar-refractivity contribution >= 4 is 21.9 Å². The summed E-state index contributed by atoms with van der Waals surface area (Å²) in [5.74, 6) is -1.12. The number of esters is 1. The van der Waals surface area contributed by atoms with Gasteiger partial charge in [-0.3, -0.25) is 9.59 Å². The van der Waals surface area contributed by atoms with Crippen LogP contribution in [0.25, 0.3) is 0 Å². The standard InChI is InChI=1S/C16H22N2O5S/c1-4-17-15(19)11(2)23-16(20)14-9-12-7-5-6-8-13(12)10-18(14)24(3,21)22/h5-8,11,14H,4,9-10H2,1-3H3,(H,17,19)/t11-,14+/m1/s1. The molecular formula is C16H22N2O5S. The molecule has 0 aromatic heterocycles. The third-order valence-corrected chi connectivity index (χ3v) is 5.15. The Bertz CT molecular complexity index is 732. The van der Waals surface area contributed by atoms with Crippen molar-refractivity contribution in [3.63, 3.8) is 0 Å². The van der Waals surface area contributed by atoms with E-state index in [9.17, 15) is 18.0 Å². The fourth-order valence-electron chi connectivity index (χ4n) is 2.67. The van der Waals surface area contributed by atoms with E-state index in [1.165, 1.54) is 6.92 Å². The lowest BCUT2D eigenvalue weighted by atomic mass is 9.96. The van der Waals surface area contributed by atoms with Gasteiger partial charge in [-0.25, -0.2) is 8.42 Å². The van der Waals surface area contributed by atoms with Crippen LogP contribution in [0.5, 0.6) is 0 Å². The molecule has 1 aliphatic heterocycles. The number of amides is 1. The molecule has 0 spiro atoms. The molecule has 2 atom stereocenters. The number of hydrogen-bond acceptors (Lipinski definition) is 5. The van der Waals surface area contributed by atoms with Crippen LogP contribution in [0, 0.1) is 0 Å². The molecule has 1 heterocycles. The number of benzene rings is 1. The number of carbonyl (C=O) groups excluding carboxylic acids is 2. The zero-order valence-corrected chi connectivity index (χ0v) is 14.8. The molecule has 0 aliphatic carbocycles. The number of hydrogen-bond donors (Lipinski definition) is 1. The molecule has 0 saturated heterocycles. The molecule has 1 aromatic carbocycles. The number of carbonyl (C=O) groups is 2. The summed E-state index contributed by atoms with van der Waals surface area (Å²) in [5, 5.41) is 2.56. The Labute approximate surface area is 142 Å². The van der Waals surface area contributed by atoms with Gasteiger partial charge in [0.15, 0.2) is 6.10 Å². The monoisotopic (exact) mass is 354 g/mol. The fraction of sp³-hybridized carbons (Fsp3) is 0.500. The van der Waals surface area contributed by atoms with Gasteiger partial charge in [-0.05, 0) is 25.0 Å². The second kappa shape index (κ2) is 7.31. The van der Waals surface area contributed by atoms with Crippen molar-refractivity contribution in [1.29, 1.82) is 0 Å². The first-order valence-corrected chi connectivity index (χ1v) is 9.60. The minimum atomic E-state index is -3.60. The van der Waals surface area contributed by atoms with Gasteiger partial charge < -0.3 is 10.1 Å². The molecular weight excluding hydrogens is 332 g/mol. The zero-order chi connectivity index (χ0) is 17.9. The number of fused-ring (bicyclic) bond motifs is 1. The van der Waals surface area contributed by atoms with Crippen molar-refractivity contribution in [3.8, 4) is 0 Å². The Balaban J connectivity index is 2.22. The van der Waals surface area contributed by atoms with Gasteiger partial charge in [0, 0.05) is 19.5 Å². The van der Waals surface area contributed by atoms with Gasteiger partial charge in [-0.2, -0.15) is 4.31 Å². The van der Waals surface area contributed by atoms with Crippen molar-refractivity contribution in [2.75, 3.05) is 12.8 Å². The smallest absolute Gasteiger partial charge is 0.325 e. The molecule has 8 heteroatoms. The number of sulfonamides is 1. The minimum absolute atomic E-state index is 0.115. The highest BCUT2D eigenvalue weighted by molar-refractivity contribution is 7.88. The summed E-state index contributed by atoms with van der Waals surface area (Å²) in [5.41, 5.74) is 1.77. The molecule has 0 unspecified atom stereocenters. The molecule has 2 rings (SSSR count). The molecule has 0 fully saturated rings. The predicted molar refractivity (Wildman–Crippen MR) is 88.6 cm³/mol. The van der Waals surface area contributed by atoms with Gasteiger partial charge in [0.1, 0.15) is 6.04 Å². The van der Waals surface area contributed by atoms with Crippen LogP contribution in [0.1, 0.15) is 25.0 Å². The molecule has 1 amide bonds. The van der Waals surface area contributed by atoms with Crippen LogP contribution in [0.2, 0.25) is 0 Å². The van der Waals surface area contributed by atoms with Crippen LogP contribution < -0.4 is 5.32 Å². The highest BCUT2D eigenvalue weighted by atomic mass is 32.2. The van der Waals surface area contributed by atoms with E-state index < -0.39 is 34.0 Å². The zero-order valence-electron chi connectivity index (χ0n) is 14.0. The van der Waals surface area contributed by atoms with E-state index >= 15 is 0 Å². The quantitative estimate of drug-likeness (QED) is 0.775. The number of ether oxygens (including phenoxy) is 1. The van der Waals surface area contributed by atoms with Gasteiger partial charge in [-0.1, -0.05) is 24.3 Å². The lowest BCUT2D eigenvalue weighted by Crippen LogP contribution is -2.50. The number of nitrogens with zero attached hydrogens (tertiary/aromatic N) is 1. The maximum atomic E-state index is 12.5. The van der Waals surface area contributed by atoms with Crippen LogP contribution in [-0.4, -0.2) is 49.5 Å². The Morgan fingerprint density at radius 2 is 1.96 bits per heavy atom. The second-order valence-corrected chi connectivity index (χ2v) is 7.71. The lowest BCUT2D eigenvalue weighted by molar-refractivity contribution is -0.158. The van der Waals surface area contributed by atoms with Crippen LogP contribution >= 0.6 is 0 Å². The molecule has 0 bridgehead atoms. The van der Waals surface area contributed by atoms with Crippen LogP contribution in [0.3, 0.4) is 0 Å². The summed E-state index contributed by atoms with van der Waals surface area (Å²) in [6, 6.07) is 6.41. The first-order valence-electron chi connectivity index (χ1n) is 7.75. The first kappa shape index (κ1) is 18.4. The molecule has 24 heavy (non-hydrogen) atoms. The number of nitrogens with one attached hydrogen (secondary N) is 1. The van der Waals surface area contributed by atoms with E-state index in [0.717, 1.165) is 21.7 Å². The van der Waals surface area contributed by atoms with Crippen molar-refractivity contribution < 1.29 is 22.7 Å². The molecule has 1 aliphatic rings. The number of rotatable bonds is 5. The van der Waals surface area contributed by atoms with Crippen molar-refractivity contribution in [3.05, 3.63) is 35.4 Å². The van der Waals surface area contributed by atoms with Crippen LogP contribution in [-0.2, 0) is 37.3 Å². The summed E-state index contributed by atoms with van der Waals surface area (Å²) in [7, 11) is -3.60. The third-order valence-electron chi connectivity index (χ3n) is 3.92. The maximum absolute atomic E-state index is 12.5. The van der Waals surface area contributed by atoms with Gasteiger partial charge >= 0.3 is 5.97 Å². The largest absolute Gasteiger partial charge is 0.451 e. The average molecular weight is 354 g/mol. The van der Waals surface area contributed by atoms with Crippen LogP contribution in [0.4, 0.5) is 0 Å². The fourth-order valence-corrected chi connectivity index (χ4v) is 3.67. The van der Waals surface area contributed by atoms with Gasteiger partial charge in [0.25, 0.3) is 5.91 Å². The van der Waals surface area contributed by atoms with Gasteiger partial charge in [0.05, 0.1) is 6.26 Å². The lowest BCUT2D eigenvalue weighted by Gasteiger charge is -2.33. The molecule has 1 N–H and O–H groups in total. The molecule has 0 radical (unpaired) electrons. The van der Waals surface area contributed by atoms with E-state index in [4.69, 9.17) is 4.74 Å². The molecule has 132 valence electrons. The summed E-state index contributed by atoms with van der Waals surface area (Å²) in [6.07, 6.45) is 0.314. The number of likely N-dealkylation sites (N-methyl/N-ethyl adjacent to an activating group) is 1. The van der Waals surface area contributed by atoms with E-state index in [2.05, 4.69) is 5.32 Å². The highest BCUT2D eigenvalue weighted by Crippen LogP contribution is 2.26. The summed E-state index contributed by atoms with van der Waals surface area (Å²) in [6.45, 7) is 3.76. The Kier molecular flexibility index (Phi) is 5.61. The SMILES string of the molecule is CCNC(=O)[C@@H](C)OC(=O)[C@@H]1Cc2ccccc2CN1S(C)(=O)=O. The summed E-state index contributed by atoms with van der Waals surface area (Å²) in [4.78, 5) is 24.2. The van der Waals surface area contributed by atoms with E-state index in [1.54, 1.807) is 6.92 Å². The van der Waals surface area contributed by atoms with Gasteiger partial charge in [0.2, 0.25) is 10.0 Å². The summed E-state index contributed by atoms with van der Waals surface area (Å²) < 4.78 is 30.5. The average Bonchev–Trinajstić information content (AvgIpc) is 2.52. The third kappa shape index (κ3) is 4.12. The Morgan fingerprint density at radius 1 is 1.33 bits per heavy atom. The van der Waals surface area contributed by atoms with Crippen molar-refractivity contribution in [1.82, 2.24) is 9.62 Å². The minimum Gasteiger partial charge on any atom is -0.451 e. The van der Waals surface area contributed by atoms with E-state index in [-0.39, 0.29) is 13.0 Å². The predicted octanol–water partition coefficient (Wildman–Crippen LogP) is 0.441.